The van der Waals surface area contributed by atoms with Gasteiger partial charge in [0.15, 0.2) is 0 Å². The zero-order valence-electron chi connectivity index (χ0n) is 22.5. The van der Waals surface area contributed by atoms with Crippen molar-refractivity contribution >= 4 is 22.7 Å². The standard InChI is InChI=1S/C30H38FN5O2/c1-19-18-36(27-12-11-23(31)15-25(19)27)24-14-22(16-33-17-24)26-10-7-13-35(26)30(38)28(21-8-5-4-6-9-21)34-29(37)20(2)32-3/h11-12,14-18,20-21,26,28,32H,4-10,13H2,1-3H3,(H,34,37). The van der Waals surface area contributed by atoms with Gasteiger partial charge in [-0.15, -0.1) is 0 Å². The van der Waals surface area contributed by atoms with E-state index < -0.39 is 6.04 Å². The van der Waals surface area contributed by atoms with Crippen LogP contribution in [0.2, 0.25) is 0 Å². The molecular formula is C30H38FN5O2. The van der Waals surface area contributed by atoms with Gasteiger partial charge in [0.2, 0.25) is 11.8 Å². The van der Waals surface area contributed by atoms with Crippen LogP contribution in [-0.4, -0.2) is 51.9 Å². The van der Waals surface area contributed by atoms with E-state index in [4.69, 9.17) is 0 Å². The fourth-order valence-electron chi connectivity index (χ4n) is 6.15. The Balaban J connectivity index is 1.43. The van der Waals surface area contributed by atoms with Crippen LogP contribution in [0.4, 0.5) is 4.39 Å². The smallest absolute Gasteiger partial charge is 0.245 e. The van der Waals surface area contributed by atoms with Crippen molar-refractivity contribution in [1.82, 2.24) is 25.1 Å². The van der Waals surface area contributed by atoms with Gasteiger partial charge in [-0.05, 0) is 87.9 Å². The Morgan fingerprint density at radius 2 is 1.87 bits per heavy atom. The molecule has 2 N–H and O–H groups in total. The first-order valence-electron chi connectivity index (χ1n) is 13.9. The second-order valence-corrected chi connectivity index (χ2v) is 10.9. The predicted octanol–water partition coefficient (Wildman–Crippen LogP) is 4.81. The normalized spacial score (nSPS) is 20.0. The second kappa shape index (κ2) is 11.2. The molecule has 1 saturated heterocycles. The maximum absolute atomic E-state index is 14.1. The van der Waals surface area contributed by atoms with E-state index in [0.717, 1.165) is 66.2 Å². The van der Waals surface area contributed by atoms with Crippen LogP contribution < -0.4 is 10.6 Å². The molecule has 3 atom stereocenters. The van der Waals surface area contributed by atoms with E-state index in [1.54, 1.807) is 25.4 Å². The molecule has 202 valence electrons. The lowest BCUT2D eigenvalue weighted by molar-refractivity contribution is -0.139. The van der Waals surface area contributed by atoms with Gasteiger partial charge >= 0.3 is 0 Å². The maximum atomic E-state index is 14.1. The summed E-state index contributed by atoms with van der Waals surface area (Å²) in [7, 11) is 1.75. The molecule has 1 aliphatic heterocycles. The Morgan fingerprint density at radius 3 is 2.63 bits per heavy atom. The molecule has 0 bridgehead atoms. The number of nitrogens with zero attached hydrogens (tertiary/aromatic N) is 3. The Labute approximate surface area is 223 Å². The fourth-order valence-corrected chi connectivity index (χ4v) is 6.15. The lowest BCUT2D eigenvalue weighted by Crippen LogP contribution is -2.55. The van der Waals surface area contributed by atoms with Gasteiger partial charge in [0.1, 0.15) is 11.9 Å². The van der Waals surface area contributed by atoms with Crippen LogP contribution in [0.1, 0.15) is 69.0 Å². The summed E-state index contributed by atoms with van der Waals surface area (Å²) >= 11 is 0. The average Bonchev–Trinajstić information content (AvgIpc) is 3.56. The topological polar surface area (TPSA) is 79.3 Å². The van der Waals surface area contributed by atoms with Gasteiger partial charge in [-0.3, -0.25) is 14.6 Å². The molecule has 38 heavy (non-hydrogen) atoms. The minimum absolute atomic E-state index is 0.0131. The van der Waals surface area contributed by atoms with Crippen molar-refractivity contribution in [3.8, 4) is 5.69 Å². The summed E-state index contributed by atoms with van der Waals surface area (Å²) in [6.45, 7) is 4.45. The third-order valence-electron chi connectivity index (χ3n) is 8.42. The van der Waals surface area contributed by atoms with Crippen LogP contribution in [0, 0.1) is 18.7 Å². The molecule has 8 heteroatoms. The number of amides is 2. The first kappa shape index (κ1) is 26.4. The van der Waals surface area contributed by atoms with E-state index in [1.807, 2.05) is 35.7 Å². The highest BCUT2D eigenvalue weighted by Crippen LogP contribution is 2.36. The molecular weight excluding hydrogens is 481 g/mol. The molecule has 1 saturated carbocycles. The number of aromatic nitrogens is 2. The quantitative estimate of drug-likeness (QED) is 0.470. The molecule has 2 amide bonds. The van der Waals surface area contributed by atoms with Crippen LogP contribution in [0.25, 0.3) is 16.6 Å². The number of benzene rings is 1. The van der Waals surface area contributed by atoms with Gasteiger partial charge in [0.05, 0.1) is 29.5 Å². The number of nitrogens with one attached hydrogen (secondary N) is 2. The molecule has 7 nitrogen and oxygen atoms in total. The molecule has 2 fully saturated rings. The van der Waals surface area contributed by atoms with Crippen molar-refractivity contribution in [3.05, 3.63) is 59.8 Å². The number of carbonyl (C=O) groups excluding carboxylic acids is 2. The van der Waals surface area contributed by atoms with Crippen LogP contribution in [0.15, 0.2) is 42.9 Å². The number of carbonyl (C=O) groups is 2. The third-order valence-corrected chi connectivity index (χ3v) is 8.42. The summed E-state index contributed by atoms with van der Waals surface area (Å²) < 4.78 is 15.9. The molecule has 2 aromatic heterocycles. The highest BCUT2D eigenvalue weighted by Gasteiger charge is 2.39. The third kappa shape index (κ3) is 5.19. The summed E-state index contributed by atoms with van der Waals surface area (Å²) in [6, 6.07) is 5.94. The molecule has 0 radical (unpaired) electrons. The van der Waals surface area contributed by atoms with Crippen LogP contribution in [0.5, 0.6) is 0 Å². The van der Waals surface area contributed by atoms with Crippen LogP contribution >= 0.6 is 0 Å². The molecule has 5 rings (SSSR count). The Kier molecular flexibility index (Phi) is 7.79. The minimum atomic E-state index is -0.513. The largest absolute Gasteiger partial charge is 0.343 e. The van der Waals surface area contributed by atoms with Crippen LogP contribution in [0.3, 0.4) is 0 Å². The zero-order chi connectivity index (χ0) is 26.8. The number of fused-ring (bicyclic) bond motifs is 1. The van der Waals surface area contributed by atoms with Crippen molar-refractivity contribution in [2.45, 2.75) is 76.9 Å². The van der Waals surface area contributed by atoms with Crippen molar-refractivity contribution in [2.75, 3.05) is 13.6 Å². The van der Waals surface area contributed by atoms with E-state index in [1.165, 1.54) is 12.5 Å². The summed E-state index contributed by atoms with van der Waals surface area (Å²) in [5.74, 6) is -0.222. The fraction of sp³-hybridized carbons (Fsp3) is 0.500. The number of halogens is 1. The SMILES string of the molecule is CNC(C)C(=O)NC(C(=O)N1CCCC1c1cncc(-n2cc(C)c3cc(F)ccc32)c1)C1CCCCC1. The van der Waals surface area contributed by atoms with E-state index in [-0.39, 0.29) is 35.6 Å². The number of hydrogen-bond acceptors (Lipinski definition) is 4. The number of likely N-dealkylation sites (N-methyl/N-ethyl adjacent to an activating group) is 1. The molecule has 3 unspecified atom stereocenters. The molecule has 0 spiro atoms. The lowest BCUT2D eigenvalue weighted by atomic mass is 9.83. The Hall–Kier alpha value is -3.26. The highest BCUT2D eigenvalue weighted by molar-refractivity contribution is 5.90. The van der Waals surface area contributed by atoms with Gasteiger partial charge in [-0.25, -0.2) is 4.39 Å². The van der Waals surface area contributed by atoms with Gasteiger partial charge < -0.3 is 20.1 Å². The molecule has 3 aromatic rings. The first-order valence-corrected chi connectivity index (χ1v) is 13.9. The van der Waals surface area contributed by atoms with Crippen LogP contribution in [-0.2, 0) is 9.59 Å². The first-order chi connectivity index (χ1) is 18.4. The highest BCUT2D eigenvalue weighted by atomic mass is 19.1. The maximum Gasteiger partial charge on any atom is 0.245 e. The van der Waals surface area contributed by atoms with E-state index in [9.17, 15) is 14.0 Å². The minimum Gasteiger partial charge on any atom is -0.343 e. The second-order valence-electron chi connectivity index (χ2n) is 10.9. The molecule has 2 aliphatic rings. The zero-order valence-corrected chi connectivity index (χ0v) is 22.5. The van der Waals surface area contributed by atoms with E-state index in [0.29, 0.717) is 6.54 Å². The van der Waals surface area contributed by atoms with Gasteiger partial charge in [0, 0.05) is 24.3 Å². The van der Waals surface area contributed by atoms with E-state index >= 15 is 0 Å². The van der Waals surface area contributed by atoms with Crippen molar-refractivity contribution in [2.24, 2.45) is 5.92 Å². The number of rotatable bonds is 7. The van der Waals surface area contributed by atoms with Gasteiger partial charge in [0.25, 0.3) is 0 Å². The average molecular weight is 520 g/mol. The summed E-state index contributed by atoms with van der Waals surface area (Å²) in [4.78, 5) is 33.4. The molecule has 1 aliphatic carbocycles. The number of hydrogen-bond donors (Lipinski definition) is 2. The lowest BCUT2D eigenvalue weighted by Gasteiger charge is -2.35. The van der Waals surface area contributed by atoms with Crippen molar-refractivity contribution in [1.29, 1.82) is 0 Å². The number of likely N-dealkylation sites (tertiary alicyclic amines) is 1. The molecule has 1 aromatic carbocycles. The van der Waals surface area contributed by atoms with Crippen molar-refractivity contribution in [3.63, 3.8) is 0 Å². The Bertz CT molecular complexity index is 1320. The Morgan fingerprint density at radius 1 is 1.08 bits per heavy atom. The predicted molar refractivity (Wildman–Crippen MR) is 146 cm³/mol. The van der Waals surface area contributed by atoms with Gasteiger partial charge in [-0.1, -0.05) is 19.3 Å². The summed E-state index contributed by atoms with van der Waals surface area (Å²) in [6.07, 6.45) is 12.7. The number of aryl methyl sites for hydroxylation is 1. The summed E-state index contributed by atoms with van der Waals surface area (Å²) in [5, 5.41) is 6.96. The van der Waals surface area contributed by atoms with Gasteiger partial charge in [-0.2, -0.15) is 0 Å². The number of pyridine rings is 1. The summed E-state index contributed by atoms with van der Waals surface area (Å²) in [5.41, 5.74) is 3.77. The monoisotopic (exact) mass is 519 g/mol. The van der Waals surface area contributed by atoms with Crippen molar-refractivity contribution < 1.29 is 14.0 Å². The van der Waals surface area contributed by atoms with E-state index in [2.05, 4.69) is 21.7 Å². The molecule has 3 heterocycles.